The maximum absolute atomic E-state index is 11.1. The molecule has 0 aromatic carbocycles. The van der Waals surface area contributed by atoms with E-state index in [1.54, 1.807) is 6.92 Å². The molecule has 0 radical (unpaired) electrons. The number of rotatable bonds is 3. The molecule has 15 heavy (non-hydrogen) atoms. The van der Waals surface area contributed by atoms with Gasteiger partial charge in [0.05, 0.1) is 0 Å². The summed E-state index contributed by atoms with van der Waals surface area (Å²) in [5.74, 6) is -2.30. The molecule has 0 amide bonds. The van der Waals surface area contributed by atoms with E-state index in [4.69, 9.17) is 14.9 Å². The Kier molecular flexibility index (Phi) is 2.95. The minimum Gasteiger partial charge on any atom is -0.479 e. The second kappa shape index (κ2) is 3.86. The Hall–Kier alpha value is -1.62. The van der Waals surface area contributed by atoms with E-state index in [1.807, 2.05) is 0 Å². The van der Waals surface area contributed by atoms with Gasteiger partial charge in [-0.05, 0) is 12.5 Å². The molecule has 1 unspecified atom stereocenters. The van der Waals surface area contributed by atoms with Gasteiger partial charge in [0.25, 0.3) is 0 Å². The van der Waals surface area contributed by atoms with Crippen molar-refractivity contribution in [3.05, 3.63) is 23.3 Å². The van der Waals surface area contributed by atoms with Crippen LogP contribution in [0, 0.1) is 0 Å². The van der Waals surface area contributed by atoms with E-state index in [-0.39, 0.29) is 12.0 Å². The summed E-state index contributed by atoms with van der Waals surface area (Å²) in [6, 6.07) is 0. The number of ether oxygens (including phenoxy) is 1. The Bertz CT molecular complexity index is 366. The van der Waals surface area contributed by atoms with Gasteiger partial charge in [-0.25, -0.2) is 9.59 Å². The molecule has 82 valence electrons. The van der Waals surface area contributed by atoms with Crippen LogP contribution in [0.5, 0.6) is 0 Å². The number of methoxy groups -OCH3 is 1. The predicted octanol–water partition coefficient (Wildman–Crippen LogP) is 0.817. The topological polar surface area (TPSA) is 83.8 Å². The van der Waals surface area contributed by atoms with Crippen molar-refractivity contribution >= 4 is 11.9 Å². The first-order valence-electron chi connectivity index (χ1n) is 4.34. The van der Waals surface area contributed by atoms with Gasteiger partial charge in [0.2, 0.25) is 0 Å². The Labute approximate surface area is 86.7 Å². The maximum atomic E-state index is 11.1. The summed E-state index contributed by atoms with van der Waals surface area (Å²) in [6.45, 7) is 1.60. The van der Waals surface area contributed by atoms with Crippen molar-refractivity contribution in [2.75, 3.05) is 7.11 Å². The molecule has 0 saturated heterocycles. The normalized spacial score (nSPS) is 25.5. The van der Waals surface area contributed by atoms with Crippen LogP contribution in [0.2, 0.25) is 0 Å². The number of carboxylic acids is 2. The monoisotopic (exact) mass is 212 g/mol. The van der Waals surface area contributed by atoms with Crippen LogP contribution in [-0.4, -0.2) is 34.9 Å². The molecule has 1 aliphatic rings. The third kappa shape index (κ3) is 1.78. The molecule has 0 bridgehead atoms. The van der Waals surface area contributed by atoms with Crippen LogP contribution < -0.4 is 0 Å². The largest absolute Gasteiger partial charge is 0.479 e. The smallest absolute Gasteiger partial charge is 0.340 e. The highest BCUT2D eigenvalue weighted by molar-refractivity contribution is 5.92. The first-order valence-corrected chi connectivity index (χ1v) is 4.34. The second-order valence-corrected chi connectivity index (χ2v) is 3.36. The molecule has 1 aliphatic carbocycles. The van der Waals surface area contributed by atoms with Crippen molar-refractivity contribution in [3.8, 4) is 0 Å². The van der Waals surface area contributed by atoms with Crippen LogP contribution in [-0.2, 0) is 14.3 Å². The third-order valence-electron chi connectivity index (χ3n) is 2.58. The van der Waals surface area contributed by atoms with Crippen molar-refractivity contribution in [1.29, 1.82) is 0 Å². The Morgan fingerprint density at radius 1 is 1.40 bits per heavy atom. The highest BCUT2D eigenvalue weighted by atomic mass is 16.5. The van der Waals surface area contributed by atoms with Crippen LogP contribution in [0.25, 0.3) is 0 Å². The van der Waals surface area contributed by atoms with Crippen LogP contribution >= 0.6 is 0 Å². The highest BCUT2D eigenvalue weighted by Gasteiger charge is 2.43. The van der Waals surface area contributed by atoms with E-state index in [0.717, 1.165) is 0 Å². The van der Waals surface area contributed by atoms with Gasteiger partial charge >= 0.3 is 11.9 Å². The summed E-state index contributed by atoms with van der Waals surface area (Å²) in [5.41, 5.74) is -1.02. The van der Waals surface area contributed by atoms with Crippen LogP contribution in [0.3, 0.4) is 0 Å². The molecule has 0 fully saturated rings. The molecule has 0 heterocycles. The molecule has 2 N–H and O–H groups in total. The highest BCUT2D eigenvalue weighted by Crippen LogP contribution is 2.32. The number of carbonyl (C=O) groups is 2. The Morgan fingerprint density at radius 2 is 2.00 bits per heavy atom. The standard InChI is InChI=1S/C10H12O5/c1-6-3-4-7(8(11)12)5-10(6,15-2)9(13)14/h3-4H,5H2,1-2H3,(H,11,12)(H,13,14). The Balaban J connectivity index is 3.15. The molecular weight excluding hydrogens is 200 g/mol. The summed E-state index contributed by atoms with van der Waals surface area (Å²) < 4.78 is 4.96. The van der Waals surface area contributed by atoms with E-state index in [9.17, 15) is 9.59 Å². The zero-order chi connectivity index (χ0) is 11.6. The molecule has 0 spiro atoms. The lowest BCUT2D eigenvalue weighted by molar-refractivity contribution is -0.157. The molecule has 0 saturated carbocycles. The van der Waals surface area contributed by atoms with Gasteiger partial charge in [-0.2, -0.15) is 0 Å². The predicted molar refractivity (Wildman–Crippen MR) is 51.5 cm³/mol. The molecular formula is C10H12O5. The fourth-order valence-electron chi connectivity index (χ4n) is 1.54. The summed E-state index contributed by atoms with van der Waals surface area (Å²) in [5, 5.41) is 17.9. The molecule has 0 aromatic rings. The zero-order valence-corrected chi connectivity index (χ0v) is 8.48. The average molecular weight is 212 g/mol. The lowest BCUT2D eigenvalue weighted by Crippen LogP contribution is -2.44. The summed E-state index contributed by atoms with van der Waals surface area (Å²) in [7, 11) is 1.26. The van der Waals surface area contributed by atoms with E-state index in [2.05, 4.69) is 0 Å². The van der Waals surface area contributed by atoms with E-state index >= 15 is 0 Å². The molecule has 0 aromatic heterocycles. The van der Waals surface area contributed by atoms with Crippen molar-refractivity contribution in [2.24, 2.45) is 0 Å². The van der Waals surface area contributed by atoms with Crippen molar-refractivity contribution in [2.45, 2.75) is 18.9 Å². The number of allylic oxidation sites excluding steroid dienone is 2. The lowest BCUT2D eigenvalue weighted by Gasteiger charge is -2.31. The van der Waals surface area contributed by atoms with Gasteiger partial charge in [0.15, 0.2) is 5.60 Å². The third-order valence-corrected chi connectivity index (χ3v) is 2.58. The fraction of sp³-hybridized carbons (Fsp3) is 0.400. The van der Waals surface area contributed by atoms with Crippen LogP contribution in [0.1, 0.15) is 13.3 Å². The van der Waals surface area contributed by atoms with Crippen LogP contribution in [0.4, 0.5) is 0 Å². The number of aliphatic carboxylic acids is 2. The molecule has 5 heteroatoms. The quantitative estimate of drug-likeness (QED) is 0.723. The van der Waals surface area contributed by atoms with Gasteiger partial charge in [-0.1, -0.05) is 12.2 Å². The van der Waals surface area contributed by atoms with Crippen molar-refractivity contribution in [1.82, 2.24) is 0 Å². The fourth-order valence-corrected chi connectivity index (χ4v) is 1.54. The van der Waals surface area contributed by atoms with Gasteiger partial charge in [0, 0.05) is 19.1 Å². The van der Waals surface area contributed by atoms with E-state index in [0.29, 0.717) is 5.57 Å². The number of hydrogen-bond acceptors (Lipinski definition) is 3. The first kappa shape index (κ1) is 11.5. The van der Waals surface area contributed by atoms with Gasteiger partial charge < -0.3 is 14.9 Å². The summed E-state index contributed by atoms with van der Waals surface area (Å²) >= 11 is 0. The lowest BCUT2D eigenvalue weighted by atomic mass is 9.83. The van der Waals surface area contributed by atoms with Gasteiger partial charge in [-0.3, -0.25) is 0 Å². The number of hydrogen-bond donors (Lipinski definition) is 2. The minimum absolute atomic E-state index is 0.0323. The molecule has 5 nitrogen and oxygen atoms in total. The van der Waals surface area contributed by atoms with E-state index in [1.165, 1.54) is 19.3 Å². The summed E-state index contributed by atoms with van der Waals surface area (Å²) in [4.78, 5) is 21.8. The minimum atomic E-state index is -1.54. The van der Waals surface area contributed by atoms with Crippen molar-refractivity contribution < 1.29 is 24.5 Å². The Morgan fingerprint density at radius 3 is 2.40 bits per heavy atom. The van der Waals surface area contributed by atoms with Gasteiger partial charge in [-0.15, -0.1) is 0 Å². The maximum Gasteiger partial charge on any atom is 0.340 e. The van der Waals surface area contributed by atoms with Gasteiger partial charge in [0.1, 0.15) is 0 Å². The number of carboxylic acid groups (broad SMARTS) is 2. The van der Waals surface area contributed by atoms with Crippen LogP contribution in [0.15, 0.2) is 23.3 Å². The summed E-state index contributed by atoms with van der Waals surface area (Å²) in [6.07, 6.45) is 2.71. The zero-order valence-electron chi connectivity index (χ0n) is 8.48. The van der Waals surface area contributed by atoms with E-state index < -0.39 is 17.5 Å². The SMILES string of the molecule is COC1(C(=O)O)CC(C(=O)O)=CC=C1C. The molecule has 1 rings (SSSR count). The first-order chi connectivity index (χ1) is 6.94. The van der Waals surface area contributed by atoms with Crippen molar-refractivity contribution in [3.63, 3.8) is 0 Å². The second-order valence-electron chi connectivity index (χ2n) is 3.36. The average Bonchev–Trinajstić information content (AvgIpc) is 2.18. The molecule has 1 atom stereocenters. The molecule has 0 aliphatic heterocycles.